The molecular weight excluding hydrogens is 318 g/mol. The molecule has 2 saturated heterocycles. The van der Waals surface area contributed by atoms with Crippen molar-refractivity contribution in [2.45, 2.75) is 25.1 Å². The van der Waals surface area contributed by atoms with Gasteiger partial charge in [0.25, 0.3) is 5.91 Å². The fourth-order valence-electron chi connectivity index (χ4n) is 4.21. The van der Waals surface area contributed by atoms with E-state index in [-0.39, 0.29) is 18.1 Å². The zero-order valence-electron chi connectivity index (χ0n) is 14.4. The molecule has 0 saturated carbocycles. The highest BCUT2D eigenvalue weighted by Crippen LogP contribution is 2.34. The van der Waals surface area contributed by atoms with Gasteiger partial charge in [-0.15, -0.1) is 0 Å². The number of rotatable bonds is 4. The second kappa shape index (κ2) is 6.98. The van der Waals surface area contributed by atoms with Gasteiger partial charge in [0.15, 0.2) is 0 Å². The van der Waals surface area contributed by atoms with Crippen molar-refractivity contribution >= 4 is 5.91 Å². The van der Waals surface area contributed by atoms with Gasteiger partial charge in [-0.05, 0) is 30.2 Å². The molecule has 3 atom stereocenters. The Labute approximate surface area is 147 Å². The third-order valence-corrected chi connectivity index (χ3v) is 5.43. The number of ether oxygens (including phenoxy) is 1. The molecule has 0 aromatic carbocycles. The van der Waals surface area contributed by atoms with Gasteiger partial charge in [0, 0.05) is 51.6 Å². The first kappa shape index (κ1) is 16.3. The number of carbonyl (C=O) groups excluding carboxylic acids is 1. The molecule has 0 bridgehead atoms. The van der Waals surface area contributed by atoms with E-state index in [0.717, 1.165) is 32.6 Å². The first-order valence-corrected chi connectivity index (χ1v) is 8.73. The zero-order valence-corrected chi connectivity index (χ0v) is 14.4. The smallest absolute Gasteiger partial charge is 0.257 e. The van der Waals surface area contributed by atoms with Crippen LogP contribution in [0, 0.1) is 5.92 Å². The van der Waals surface area contributed by atoms with E-state index in [4.69, 9.17) is 9.15 Å². The quantitative estimate of drug-likeness (QED) is 0.852. The minimum absolute atomic E-state index is 0.0593. The van der Waals surface area contributed by atoms with Crippen LogP contribution in [0.4, 0.5) is 0 Å². The van der Waals surface area contributed by atoms with Crippen molar-refractivity contribution in [3.8, 4) is 0 Å². The molecule has 4 heterocycles. The van der Waals surface area contributed by atoms with E-state index < -0.39 is 0 Å². The minimum atomic E-state index is 0.0593. The Balaban J connectivity index is 1.52. The van der Waals surface area contributed by atoms with E-state index >= 15 is 0 Å². The normalized spacial score (nSPS) is 26.6. The van der Waals surface area contributed by atoms with Gasteiger partial charge in [0.2, 0.25) is 0 Å². The van der Waals surface area contributed by atoms with Crippen LogP contribution in [0.15, 0.2) is 47.5 Å². The summed E-state index contributed by atoms with van der Waals surface area (Å²) in [5.41, 5.74) is 1.87. The van der Waals surface area contributed by atoms with Crippen LogP contribution < -0.4 is 0 Å². The highest BCUT2D eigenvalue weighted by molar-refractivity contribution is 5.94. The molecule has 6 nitrogen and oxygen atoms in total. The summed E-state index contributed by atoms with van der Waals surface area (Å²) in [6, 6.07) is 6.01. The van der Waals surface area contributed by atoms with E-state index in [1.807, 2.05) is 29.4 Å². The topological polar surface area (TPSA) is 58.8 Å². The molecule has 0 spiro atoms. The van der Waals surface area contributed by atoms with Crippen molar-refractivity contribution in [2.24, 2.45) is 5.92 Å². The predicted molar refractivity (Wildman–Crippen MR) is 92.0 cm³/mol. The zero-order chi connectivity index (χ0) is 17.2. The van der Waals surface area contributed by atoms with Crippen LogP contribution in [0.1, 0.15) is 22.3 Å². The predicted octanol–water partition coefficient (Wildman–Crippen LogP) is 2.04. The van der Waals surface area contributed by atoms with Gasteiger partial charge in [-0.25, -0.2) is 0 Å². The number of methoxy groups -OCH3 is 1. The average Bonchev–Trinajstić information content (AvgIpc) is 3.31. The second-order valence-corrected chi connectivity index (χ2v) is 6.85. The van der Waals surface area contributed by atoms with Crippen LogP contribution in [-0.4, -0.2) is 59.6 Å². The maximum atomic E-state index is 12.9. The molecule has 0 unspecified atom stereocenters. The lowest BCUT2D eigenvalue weighted by Gasteiger charge is -2.41. The van der Waals surface area contributed by atoms with Crippen LogP contribution in [-0.2, 0) is 11.3 Å². The summed E-state index contributed by atoms with van der Waals surface area (Å²) < 4.78 is 10.8. The number of likely N-dealkylation sites (tertiary alicyclic amines) is 2. The Morgan fingerprint density at radius 3 is 2.88 bits per heavy atom. The summed E-state index contributed by atoms with van der Waals surface area (Å²) in [6.07, 6.45) is 7.82. The molecule has 2 fully saturated rings. The van der Waals surface area contributed by atoms with Crippen LogP contribution in [0.2, 0.25) is 0 Å². The molecule has 132 valence electrons. The molecule has 1 amide bonds. The molecule has 6 heteroatoms. The largest absolute Gasteiger partial charge is 0.472 e. The van der Waals surface area contributed by atoms with Crippen molar-refractivity contribution in [2.75, 3.05) is 26.7 Å². The second-order valence-electron chi connectivity index (χ2n) is 6.85. The summed E-state index contributed by atoms with van der Waals surface area (Å²) in [5.74, 6) is 0.403. The maximum Gasteiger partial charge on any atom is 0.257 e. The Kier molecular flexibility index (Phi) is 4.55. The number of carbonyl (C=O) groups is 1. The lowest BCUT2D eigenvalue weighted by molar-refractivity contribution is -0.0157. The van der Waals surface area contributed by atoms with Gasteiger partial charge in [0.1, 0.15) is 6.26 Å². The van der Waals surface area contributed by atoms with Crippen LogP contribution in [0.3, 0.4) is 0 Å². The molecule has 2 aromatic heterocycles. The van der Waals surface area contributed by atoms with Gasteiger partial charge in [-0.2, -0.15) is 0 Å². The first-order valence-electron chi connectivity index (χ1n) is 8.73. The van der Waals surface area contributed by atoms with Crippen LogP contribution >= 0.6 is 0 Å². The Bertz CT molecular complexity index is 704. The fourth-order valence-corrected chi connectivity index (χ4v) is 4.21. The lowest BCUT2D eigenvalue weighted by atomic mass is 9.88. The molecule has 25 heavy (non-hydrogen) atoms. The van der Waals surface area contributed by atoms with Gasteiger partial charge < -0.3 is 14.1 Å². The number of nitrogens with zero attached hydrogens (tertiary/aromatic N) is 3. The summed E-state index contributed by atoms with van der Waals surface area (Å²) in [5, 5.41) is 0. The highest BCUT2D eigenvalue weighted by atomic mass is 16.5. The van der Waals surface area contributed by atoms with E-state index in [1.165, 1.54) is 11.8 Å². The molecular formula is C19H23N3O3. The SMILES string of the molecule is CO[C@@H]1CCN(C(=O)c2ccoc2)[C@@H]2CN(Cc3ccncc3)C[C@@H]21. The number of amides is 1. The summed E-state index contributed by atoms with van der Waals surface area (Å²) in [6.45, 7) is 3.42. The molecule has 0 radical (unpaired) electrons. The Hall–Kier alpha value is -2.18. The van der Waals surface area contributed by atoms with E-state index in [9.17, 15) is 4.79 Å². The van der Waals surface area contributed by atoms with Crippen LogP contribution in [0.25, 0.3) is 0 Å². The number of aromatic nitrogens is 1. The summed E-state index contributed by atoms with van der Waals surface area (Å²) >= 11 is 0. The van der Waals surface area contributed by atoms with Gasteiger partial charge >= 0.3 is 0 Å². The number of fused-ring (bicyclic) bond motifs is 1. The van der Waals surface area contributed by atoms with E-state index in [1.54, 1.807) is 19.4 Å². The van der Waals surface area contributed by atoms with Crippen molar-refractivity contribution < 1.29 is 13.9 Å². The molecule has 0 aliphatic carbocycles. The van der Waals surface area contributed by atoms with Crippen LogP contribution in [0.5, 0.6) is 0 Å². The first-order chi connectivity index (χ1) is 12.3. The minimum Gasteiger partial charge on any atom is -0.472 e. The lowest BCUT2D eigenvalue weighted by Crippen LogP contribution is -2.53. The van der Waals surface area contributed by atoms with Crippen molar-refractivity contribution in [1.82, 2.24) is 14.8 Å². The molecule has 2 aromatic rings. The summed E-state index contributed by atoms with van der Waals surface area (Å²) in [7, 11) is 1.78. The van der Waals surface area contributed by atoms with Crippen molar-refractivity contribution in [3.05, 3.63) is 54.2 Å². The number of furan rings is 1. The fraction of sp³-hybridized carbons (Fsp3) is 0.474. The third kappa shape index (κ3) is 3.19. The van der Waals surface area contributed by atoms with Gasteiger partial charge in [-0.1, -0.05) is 0 Å². The third-order valence-electron chi connectivity index (χ3n) is 5.43. The number of hydrogen-bond donors (Lipinski definition) is 0. The van der Waals surface area contributed by atoms with Gasteiger partial charge in [0.05, 0.1) is 24.0 Å². The summed E-state index contributed by atoms with van der Waals surface area (Å²) in [4.78, 5) is 21.4. The highest BCUT2D eigenvalue weighted by Gasteiger charge is 2.46. The molecule has 4 rings (SSSR count). The van der Waals surface area contributed by atoms with Crippen molar-refractivity contribution in [3.63, 3.8) is 0 Å². The van der Waals surface area contributed by atoms with E-state index in [0.29, 0.717) is 11.5 Å². The molecule has 2 aliphatic heterocycles. The number of hydrogen-bond acceptors (Lipinski definition) is 5. The monoisotopic (exact) mass is 341 g/mol. The molecule has 0 N–H and O–H groups in total. The van der Waals surface area contributed by atoms with Gasteiger partial charge in [-0.3, -0.25) is 14.7 Å². The standard InChI is InChI=1S/C19H23N3O3/c1-24-18-4-8-22(19(23)15-5-9-25-13-15)17-12-21(11-16(17)18)10-14-2-6-20-7-3-14/h2-3,5-7,9,13,16-18H,4,8,10-12H2,1H3/t16-,17+,18+/m0/s1. The number of pyridine rings is 1. The number of piperidine rings is 1. The van der Waals surface area contributed by atoms with E-state index in [2.05, 4.69) is 9.88 Å². The van der Waals surface area contributed by atoms with Crippen molar-refractivity contribution in [1.29, 1.82) is 0 Å². The average molecular weight is 341 g/mol. The maximum absolute atomic E-state index is 12.9. The molecule has 2 aliphatic rings. The Morgan fingerprint density at radius 2 is 2.16 bits per heavy atom. The Morgan fingerprint density at radius 1 is 1.32 bits per heavy atom.